The van der Waals surface area contributed by atoms with Crippen molar-refractivity contribution in [2.45, 2.75) is 78.9 Å². The zero-order valence-corrected chi connectivity index (χ0v) is 30.8. The molecule has 1 amide bonds. The molecule has 1 aliphatic heterocycles. The maximum atomic E-state index is 13.8. The number of benzene rings is 1. The van der Waals surface area contributed by atoms with Gasteiger partial charge in [0.15, 0.2) is 0 Å². The van der Waals surface area contributed by atoms with Gasteiger partial charge in [0, 0.05) is 19.1 Å². The van der Waals surface area contributed by atoms with Crippen molar-refractivity contribution < 1.29 is 50.8 Å². The number of carbonyl (C=O) groups is 3. The molecule has 15 heteroatoms. The lowest BCUT2D eigenvalue weighted by Gasteiger charge is -2.28. The number of phosphoric ester groups is 1. The summed E-state index contributed by atoms with van der Waals surface area (Å²) < 4.78 is 50.4. The highest BCUT2D eigenvalue weighted by molar-refractivity contribution is 7.48. The van der Waals surface area contributed by atoms with Crippen LogP contribution < -0.4 is 5.32 Å². The van der Waals surface area contributed by atoms with Crippen LogP contribution in [0.3, 0.4) is 0 Å². The van der Waals surface area contributed by atoms with Gasteiger partial charge in [0.25, 0.3) is 0 Å². The first-order valence-corrected chi connectivity index (χ1v) is 19.3. The molecule has 1 N–H and O–H groups in total. The predicted octanol–water partition coefficient (Wildman–Crippen LogP) is 5.98. The summed E-state index contributed by atoms with van der Waals surface area (Å²) in [6.07, 6.45) is 3.71. The number of phosphoric acid groups is 1. The molecule has 48 heavy (non-hydrogen) atoms. The van der Waals surface area contributed by atoms with Crippen LogP contribution in [0.2, 0.25) is 0 Å². The van der Waals surface area contributed by atoms with Crippen LogP contribution in [0.4, 0.5) is 0 Å². The average molecular weight is 717 g/mol. The zero-order valence-electron chi connectivity index (χ0n) is 29.0. The molecule has 0 aliphatic carbocycles. The molecule has 1 heterocycles. The Labute approximate surface area is 286 Å². The molecule has 1 saturated heterocycles. The van der Waals surface area contributed by atoms with Crippen LogP contribution in [0.25, 0.3) is 0 Å². The van der Waals surface area contributed by atoms with Crippen LogP contribution in [0, 0.1) is 11.8 Å². The predicted molar refractivity (Wildman–Crippen MR) is 183 cm³/mol. The van der Waals surface area contributed by atoms with Gasteiger partial charge in [-0.3, -0.25) is 32.9 Å². The smallest absolute Gasteiger partial charge is 0.465 e. The van der Waals surface area contributed by atoms with E-state index in [4.69, 9.17) is 31.9 Å². The third-order valence-corrected chi connectivity index (χ3v) is 10.4. The molecule has 272 valence electrons. The van der Waals surface area contributed by atoms with Crippen molar-refractivity contribution in [2.24, 2.45) is 11.8 Å². The van der Waals surface area contributed by atoms with E-state index in [0.717, 1.165) is 5.56 Å². The van der Waals surface area contributed by atoms with Crippen molar-refractivity contribution in [1.29, 1.82) is 0 Å². The number of esters is 1. The highest BCUT2D eigenvalue weighted by Crippen LogP contribution is 2.49. The Hall–Kier alpha value is -2.05. The molecule has 4 atom stereocenters. The van der Waals surface area contributed by atoms with Crippen LogP contribution in [0.1, 0.15) is 65.9 Å². The summed E-state index contributed by atoms with van der Waals surface area (Å²) in [5.74, 6) is -3.19. The average Bonchev–Trinajstić information content (AvgIpc) is 3.39. The minimum absolute atomic E-state index is 0.101. The second kappa shape index (κ2) is 23.4. The molecular weight excluding hydrogens is 662 g/mol. The van der Waals surface area contributed by atoms with Crippen molar-refractivity contribution in [3.8, 4) is 0 Å². The van der Waals surface area contributed by atoms with E-state index in [1.165, 1.54) is 6.92 Å². The standard InChI is InChI=1S/C33H54N2O11P2/c1-7-28-29(32(37)34-21-15-16-24-46-48(39,44-10-4)45-11-5)30(31(26(6)36)35(28)25-27-19-13-12-14-20-27)33(38)40-22-17-18-23-43-47(41-8-2)42-9-3/h7,12-14,19-20,28-31H,1,8-11,15-18,21-25H2,2-6H3,(H,34,37). The molecule has 4 unspecified atom stereocenters. The summed E-state index contributed by atoms with van der Waals surface area (Å²) in [4.78, 5) is 42.5. The van der Waals surface area contributed by atoms with Gasteiger partial charge < -0.3 is 23.6 Å². The van der Waals surface area contributed by atoms with Gasteiger partial charge in [0.2, 0.25) is 5.91 Å². The van der Waals surface area contributed by atoms with Crippen LogP contribution in [-0.2, 0) is 57.4 Å². The van der Waals surface area contributed by atoms with Crippen molar-refractivity contribution in [2.75, 3.05) is 52.8 Å². The first kappa shape index (κ1) is 42.1. The number of Topliss-reactive ketones (excluding diaryl/α,β-unsaturated/α-hetero) is 1. The Morgan fingerprint density at radius 3 is 2.06 bits per heavy atom. The number of hydrogen-bond acceptors (Lipinski definition) is 12. The highest BCUT2D eigenvalue weighted by Gasteiger charge is 2.56. The lowest BCUT2D eigenvalue weighted by molar-refractivity contribution is -0.154. The van der Waals surface area contributed by atoms with Crippen LogP contribution in [0.5, 0.6) is 0 Å². The van der Waals surface area contributed by atoms with Crippen molar-refractivity contribution >= 4 is 34.1 Å². The lowest BCUT2D eigenvalue weighted by Crippen LogP contribution is -2.43. The van der Waals surface area contributed by atoms with Gasteiger partial charge in [-0.2, -0.15) is 0 Å². The first-order valence-electron chi connectivity index (χ1n) is 16.8. The van der Waals surface area contributed by atoms with Gasteiger partial charge in [0.1, 0.15) is 5.78 Å². The van der Waals surface area contributed by atoms with Gasteiger partial charge in [0.05, 0.1) is 64.1 Å². The quantitative estimate of drug-likeness (QED) is 0.0521. The van der Waals surface area contributed by atoms with Crippen molar-refractivity contribution in [1.82, 2.24) is 10.2 Å². The zero-order chi connectivity index (χ0) is 35.4. The number of likely N-dealkylation sites (tertiary alicyclic amines) is 1. The normalized spacial score (nSPS) is 19.8. The number of nitrogens with one attached hydrogen (secondary N) is 1. The Kier molecular flexibility index (Phi) is 20.5. The number of ketones is 1. The maximum absolute atomic E-state index is 13.8. The van der Waals surface area contributed by atoms with E-state index in [0.29, 0.717) is 52.0 Å². The van der Waals surface area contributed by atoms with Gasteiger partial charge in [-0.05, 0) is 65.9 Å². The molecule has 1 aromatic rings. The number of hydrogen-bond donors (Lipinski definition) is 1. The minimum Gasteiger partial charge on any atom is -0.465 e. The monoisotopic (exact) mass is 716 g/mol. The number of rotatable bonds is 26. The van der Waals surface area contributed by atoms with Gasteiger partial charge in [-0.15, -0.1) is 6.58 Å². The summed E-state index contributed by atoms with van der Waals surface area (Å²) in [6.45, 7) is 15.1. The minimum atomic E-state index is -3.62. The summed E-state index contributed by atoms with van der Waals surface area (Å²) >= 11 is 0. The molecule has 0 saturated carbocycles. The van der Waals surface area contributed by atoms with E-state index in [-0.39, 0.29) is 44.7 Å². The Bertz CT molecular complexity index is 1140. The van der Waals surface area contributed by atoms with Crippen LogP contribution in [-0.4, -0.2) is 87.4 Å². The summed E-state index contributed by atoms with van der Waals surface area (Å²) in [5.41, 5.74) is 0.930. The Morgan fingerprint density at radius 2 is 1.48 bits per heavy atom. The van der Waals surface area contributed by atoms with E-state index in [1.54, 1.807) is 19.9 Å². The molecule has 1 fully saturated rings. The number of ether oxygens (including phenoxy) is 1. The van der Waals surface area contributed by atoms with Gasteiger partial charge >= 0.3 is 22.4 Å². The fourth-order valence-corrected chi connectivity index (χ4v) is 7.59. The van der Waals surface area contributed by atoms with E-state index >= 15 is 0 Å². The Balaban J connectivity index is 2.11. The number of amides is 1. The molecule has 2 rings (SSSR count). The summed E-state index contributed by atoms with van der Waals surface area (Å²) in [6, 6.07) is 8.06. The largest absolute Gasteiger partial charge is 0.474 e. The molecule has 1 aromatic carbocycles. The van der Waals surface area contributed by atoms with Crippen molar-refractivity contribution in [3.05, 3.63) is 48.6 Å². The van der Waals surface area contributed by atoms with Crippen molar-refractivity contribution in [3.63, 3.8) is 0 Å². The molecule has 1 aliphatic rings. The molecule has 0 radical (unpaired) electrons. The number of carbonyl (C=O) groups excluding carboxylic acids is 3. The van der Waals surface area contributed by atoms with E-state index in [2.05, 4.69) is 11.9 Å². The number of nitrogens with zero attached hydrogens (tertiary/aromatic N) is 1. The molecule has 0 bridgehead atoms. The third-order valence-electron chi connectivity index (χ3n) is 7.42. The fraction of sp³-hybridized carbons (Fsp3) is 0.667. The second-order valence-corrected chi connectivity index (χ2v) is 13.8. The lowest BCUT2D eigenvalue weighted by atomic mass is 9.85. The molecule has 13 nitrogen and oxygen atoms in total. The van der Waals surface area contributed by atoms with Gasteiger partial charge in [-0.1, -0.05) is 36.4 Å². The summed E-state index contributed by atoms with van der Waals surface area (Å²) in [7, 11) is -5.03. The van der Waals surface area contributed by atoms with E-state index in [1.807, 2.05) is 49.1 Å². The molecule has 0 spiro atoms. The highest BCUT2D eigenvalue weighted by atomic mass is 31.2. The Morgan fingerprint density at radius 1 is 0.854 bits per heavy atom. The third kappa shape index (κ3) is 13.7. The second-order valence-electron chi connectivity index (χ2n) is 10.9. The SMILES string of the molecule is C=CC1C(C(=O)NCCCCOP(=O)(OCC)OCC)C(C(=O)OCCCCOP(OCC)OCC)C(C(C)=O)N1Cc1ccccc1. The fourth-order valence-electron chi connectivity index (χ4n) is 5.46. The first-order chi connectivity index (χ1) is 23.2. The molecule has 0 aromatic heterocycles. The van der Waals surface area contributed by atoms with Gasteiger partial charge in [-0.25, -0.2) is 4.57 Å². The summed E-state index contributed by atoms with van der Waals surface area (Å²) in [5, 5.41) is 2.92. The topological polar surface area (TPSA) is 148 Å². The van der Waals surface area contributed by atoms with E-state index < -0.39 is 46.3 Å². The molecular formula is C33H54N2O11P2. The maximum Gasteiger partial charge on any atom is 0.474 e. The van der Waals surface area contributed by atoms with Crippen LogP contribution in [0.15, 0.2) is 43.0 Å². The van der Waals surface area contributed by atoms with Crippen LogP contribution >= 0.6 is 16.4 Å². The number of unbranched alkanes of at least 4 members (excludes halogenated alkanes) is 2. The van der Waals surface area contributed by atoms with E-state index in [9.17, 15) is 18.9 Å².